The van der Waals surface area contributed by atoms with Gasteiger partial charge in [0.05, 0.1) is 11.7 Å². The highest BCUT2D eigenvalue weighted by Crippen LogP contribution is 2.30. The van der Waals surface area contributed by atoms with Gasteiger partial charge in [-0.2, -0.15) is 0 Å². The molecular weight excluding hydrogens is 292 g/mol. The van der Waals surface area contributed by atoms with Crippen molar-refractivity contribution in [2.75, 3.05) is 11.4 Å². The van der Waals surface area contributed by atoms with Gasteiger partial charge in [-0.05, 0) is 53.7 Å². The number of aromatic nitrogens is 1. The van der Waals surface area contributed by atoms with Crippen LogP contribution in [-0.4, -0.2) is 40.8 Å². The van der Waals surface area contributed by atoms with E-state index in [1.807, 2.05) is 53.7 Å². The van der Waals surface area contributed by atoms with Gasteiger partial charge in [-0.1, -0.05) is 0 Å². The lowest BCUT2D eigenvalue weighted by Crippen LogP contribution is -2.40. The van der Waals surface area contributed by atoms with Crippen molar-refractivity contribution >= 4 is 11.7 Å². The van der Waals surface area contributed by atoms with Crippen LogP contribution in [-0.2, 0) is 14.3 Å². The van der Waals surface area contributed by atoms with Gasteiger partial charge in [0.2, 0.25) is 0 Å². The minimum absolute atomic E-state index is 0.000633. The van der Waals surface area contributed by atoms with Gasteiger partial charge in [0.15, 0.2) is 0 Å². The summed E-state index contributed by atoms with van der Waals surface area (Å²) < 4.78 is 11.7. The lowest BCUT2D eigenvalue weighted by atomic mass is 10.1. The number of carbonyl (C=O) groups excluding carboxylic acids is 1. The molecule has 1 aromatic rings. The Balaban J connectivity index is 2.19. The number of rotatable bonds is 3. The summed E-state index contributed by atoms with van der Waals surface area (Å²) in [6, 6.07) is 3.50. The highest BCUT2D eigenvalue weighted by molar-refractivity contribution is 5.81. The Morgan fingerprint density at radius 2 is 1.74 bits per heavy atom. The molecule has 0 aliphatic carbocycles. The van der Waals surface area contributed by atoms with Gasteiger partial charge < -0.3 is 14.4 Å². The quantitative estimate of drug-likeness (QED) is 0.801. The topological polar surface area (TPSA) is 51.7 Å². The second-order valence-corrected chi connectivity index (χ2v) is 7.99. The number of nitrogens with zero attached hydrogens (tertiary/aromatic N) is 2. The molecule has 0 saturated carbocycles. The molecular formula is C18H28N2O3. The predicted molar refractivity (Wildman–Crippen MR) is 90.5 cm³/mol. The third-order valence-corrected chi connectivity index (χ3v) is 3.46. The highest BCUT2D eigenvalue weighted by Gasteiger charge is 2.41. The number of pyridine rings is 1. The first-order valence-corrected chi connectivity index (χ1v) is 8.12. The van der Waals surface area contributed by atoms with Crippen LogP contribution in [0.25, 0.3) is 0 Å². The summed E-state index contributed by atoms with van der Waals surface area (Å²) in [6.45, 7) is 12.4. The molecule has 2 heterocycles. The van der Waals surface area contributed by atoms with E-state index in [1.165, 1.54) is 0 Å². The van der Waals surface area contributed by atoms with E-state index >= 15 is 0 Å². The van der Waals surface area contributed by atoms with Crippen molar-refractivity contribution in [3.63, 3.8) is 0 Å². The van der Waals surface area contributed by atoms with Gasteiger partial charge >= 0.3 is 5.97 Å². The van der Waals surface area contributed by atoms with Crippen molar-refractivity contribution in [2.45, 2.75) is 71.3 Å². The zero-order valence-corrected chi connectivity index (χ0v) is 15.0. The van der Waals surface area contributed by atoms with Crippen LogP contribution < -0.4 is 4.90 Å². The first kappa shape index (κ1) is 17.7. The Morgan fingerprint density at radius 3 is 2.26 bits per heavy atom. The average Bonchev–Trinajstić information content (AvgIpc) is 2.79. The normalized spacial score (nSPS) is 22.3. The predicted octanol–water partition coefficient (Wildman–Crippen LogP) is 3.19. The number of esters is 1. The molecule has 1 fully saturated rings. The minimum Gasteiger partial charge on any atom is -0.458 e. The van der Waals surface area contributed by atoms with Gasteiger partial charge in [-0.25, -0.2) is 4.79 Å². The van der Waals surface area contributed by atoms with Crippen LogP contribution in [0.2, 0.25) is 0 Å². The van der Waals surface area contributed by atoms with Gasteiger partial charge in [0.1, 0.15) is 11.6 Å². The number of ether oxygens (including phenoxy) is 2. The zero-order valence-electron chi connectivity index (χ0n) is 15.0. The highest BCUT2D eigenvalue weighted by atomic mass is 16.6. The Labute approximate surface area is 139 Å². The zero-order chi connectivity index (χ0) is 17.3. The molecule has 0 N–H and O–H groups in total. The Hall–Kier alpha value is -1.62. The lowest BCUT2D eigenvalue weighted by molar-refractivity contribution is -0.156. The molecule has 0 bridgehead atoms. The van der Waals surface area contributed by atoms with E-state index in [9.17, 15) is 4.79 Å². The van der Waals surface area contributed by atoms with Crippen molar-refractivity contribution in [3.05, 3.63) is 24.5 Å². The van der Waals surface area contributed by atoms with Crippen molar-refractivity contribution in [3.8, 4) is 0 Å². The van der Waals surface area contributed by atoms with Gasteiger partial charge in [0, 0.05) is 31.0 Å². The van der Waals surface area contributed by atoms with Crippen LogP contribution in [0.4, 0.5) is 5.69 Å². The van der Waals surface area contributed by atoms with Crippen molar-refractivity contribution < 1.29 is 14.3 Å². The van der Waals surface area contributed by atoms with Gasteiger partial charge in [-0.15, -0.1) is 0 Å². The number of anilines is 1. The monoisotopic (exact) mass is 320 g/mol. The van der Waals surface area contributed by atoms with Crippen molar-refractivity contribution in [2.24, 2.45) is 0 Å². The summed E-state index contributed by atoms with van der Waals surface area (Å²) in [5, 5.41) is 0. The second-order valence-electron chi connectivity index (χ2n) is 7.99. The maximum atomic E-state index is 12.6. The van der Waals surface area contributed by atoms with Crippen molar-refractivity contribution in [1.82, 2.24) is 4.98 Å². The first-order valence-electron chi connectivity index (χ1n) is 8.12. The first-order chi connectivity index (χ1) is 10.6. The van der Waals surface area contributed by atoms with E-state index in [-0.39, 0.29) is 23.7 Å². The molecule has 23 heavy (non-hydrogen) atoms. The van der Waals surface area contributed by atoms with Crippen LogP contribution in [0.15, 0.2) is 24.5 Å². The molecule has 0 aromatic carbocycles. The Bertz CT molecular complexity index is 531. The molecule has 0 spiro atoms. The Kier molecular flexibility index (Phi) is 4.99. The summed E-state index contributed by atoms with van der Waals surface area (Å²) >= 11 is 0. The standard InChI is InChI=1S/C18H28N2O3/c1-17(2,3)22-14-11-15(16(21)23-18(4,5)6)20(12-14)13-7-9-19-10-8-13/h7-10,14-15H,11-12H2,1-6H3/t14-,15+/m1/s1. The summed E-state index contributed by atoms with van der Waals surface area (Å²) in [7, 11) is 0. The third kappa shape index (κ3) is 5.20. The molecule has 2 atom stereocenters. The SMILES string of the molecule is CC(C)(C)OC(=O)[C@@H]1C[C@@H](OC(C)(C)C)CN1c1ccncc1. The average molecular weight is 320 g/mol. The van der Waals surface area contributed by atoms with E-state index in [2.05, 4.69) is 9.88 Å². The fraction of sp³-hybridized carbons (Fsp3) is 0.667. The molecule has 0 amide bonds. The van der Waals surface area contributed by atoms with Crippen LogP contribution in [0.5, 0.6) is 0 Å². The fourth-order valence-electron chi connectivity index (χ4n) is 2.80. The molecule has 1 saturated heterocycles. The van der Waals surface area contributed by atoms with Crippen LogP contribution >= 0.6 is 0 Å². The summed E-state index contributed by atoms with van der Waals surface area (Å²) in [4.78, 5) is 18.7. The molecule has 5 heteroatoms. The molecule has 1 aliphatic heterocycles. The molecule has 0 unspecified atom stereocenters. The van der Waals surface area contributed by atoms with E-state index in [0.29, 0.717) is 13.0 Å². The summed E-state index contributed by atoms with van der Waals surface area (Å²) in [5.41, 5.74) is 0.234. The van der Waals surface area contributed by atoms with E-state index in [1.54, 1.807) is 12.4 Å². The Morgan fingerprint density at radius 1 is 1.13 bits per heavy atom. The molecule has 128 valence electrons. The number of carbonyl (C=O) groups is 1. The van der Waals surface area contributed by atoms with Crippen LogP contribution in [0.1, 0.15) is 48.0 Å². The number of hydrogen-bond acceptors (Lipinski definition) is 5. The molecule has 1 aromatic heterocycles. The van der Waals surface area contributed by atoms with Gasteiger partial charge in [-0.3, -0.25) is 4.98 Å². The maximum absolute atomic E-state index is 12.6. The fourth-order valence-corrected chi connectivity index (χ4v) is 2.80. The van der Waals surface area contributed by atoms with Crippen molar-refractivity contribution in [1.29, 1.82) is 0 Å². The van der Waals surface area contributed by atoms with E-state index in [0.717, 1.165) is 5.69 Å². The minimum atomic E-state index is -0.496. The molecule has 0 radical (unpaired) electrons. The van der Waals surface area contributed by atoms with E-state index < -0.39 is 5.60 Å². The summed E-state index contributed by atoms with van der Waals surface area (Å²) in [6.07, 6.45) is 4.11. The molecule has 5 nitrogen and oxygen atoms in total. The summed E-state index contributed by atoms with van der Waals surface area (Å²) in [5.74, 6) is -0.200. The number of hydrogen-bond donors (Lipinski definition) is 0. The van der Waals surface area contributed by atoms with E-state index in [4.69, 9.17) is 9.47 Å². The van der Waals surface area contributed by atoms with Crippen LogP contribution in [0.3, 0.4) is 0 Å². The maximum Gasteiger partial charge on any atom is 0.329 e. The van der Waals surface area contributed by atoms with Gasteiger partial charge in [0.25, 0.3) is 0 Å². The smallest absolute Gasteiger partial charge is 0.329 e. The largest absolute Gasteiger partial charge is 0.458 e. The second kappa shape index (κ2) is 6.48. The molecule has 1 aliphatic rings. The molecule has 2 rings (SSSR count). The lowest BCUT2D eigenvalue weighted by Gasteiger charge is -2.28. The van der Waals surface area contributed by atoms with Crippen LogP contribution in [0, 0.1) is 0 Å². The third-order valence-electron chi connectivity index (χ3n) is 3.46.